The van der Waals surface area contributed by atoms with Crippen molar-refractivity contribution in [3.63, 3.8) is 0 Å². The summed E-state index contributed by atoms with van der Waals surface area (Å²) in [6.07, 6.45) is 5.93. The molecule has 3 nitrogen and oxygen atoms in total. The van der Waals surface area contributed by atoms with Crippen LogP contribution in [-0.2, 0) is 11.2 Å². The van der Waals surface area contributed by atoms with E-state index in [2.05, 4.69) is 17.2 Å². The van der Waals surface area contributed by atoms with Crippen LogP contribution in [-0.4, -0.2) is 30.8 Å². The van der Waals surface area contributed by atoms with Crippen LogP contribution in [0.2, 0.25) is 5.02 Å². The summed E-state index contributed by atoms with van der Waals surface area (Å²) in [6, 6.07) is 2.41. The molecule has 4 heteroatoms. The SMILES string of the molecule is CNC(Cc1ccncc1Cl)C1COC(C)C1. The van der Waals surface area contributed by atoms with Gasteiger partial charge in [-0.25, -0.2) is 0 Å². The van der Waals surface area contributed by atoms with Crippen LogP contribution in [0.4, 0.5) is 0 Å². The molecule has 3 unspecified atom stereocenters. The molecule has 1 aliphatic rings. The van der Waals surface area contributed by atoms with Crippen molar-refractivity contribution in [2.24, 2.45) is 5.92 Å². The molecule has 1 aromatic heterocycles. The van der Waals surface area contributed by atoms with Crippen LogP contribution >= 0.6 is 11.6 Å². The van der Waals surface area contributed by atoms with Gasteiger partial charge in [0.05, 0.1) is 17.7 Å². The lowest BCUT2D eigenvalue weighted by Crippen LogP contribution is -2.36. The standard InChI is InChI=1S/C13H19ClN2O/c1-9-5-11(8-17-9)13(15-2)6-10-3-4-16-7-12(10)14/h3-4,7,9,11,13,15H,5-6,8H2,1-2H3. The predicted molar refractivity (Wildman–Crippen MR) is 69.3 cm³/mol. The third kappa shape index (κ3) is 3.18. The maximum Gasteiger partial charge on any atom is 0.0621 e. The number of rotatable bonds is 4. The summed E-state index contributed by atoms with van der Waals surface area (Å²) >= 11 is 6.14. The minimum atomic E-state index is 0.378. The lowest BCUT2D eigenvalue weighted by molar-refractivity contribution is 0.117. The topological polar surface area (TPSA) is 34.2 Å². The average molecular weight is 255 g/mol. The molecule has 0 spiro atoms. The molecule has 2 heterocycles. The predicted octanol–water partition coefficient (Wildman–Crippen LogP) is 2.29. The Hall–Kier alpha value is -0.640. The molecule has 0 aliphatic carbocycles. The van der Waals surface area contributed by atoms with Gasteiger partial charge >= 0.3 is 0 Å². The summed E-state index contributed by atoms with van der Waals surface area (Å²) in [5.41, 5.74) is 1.15. The van der Waals surface area contributed by atoms with E-state index in [0.717, 1.165) is 30.0 Å². The summed E-state index contributed by atoms with van der Waals surface area (Å²) in [5, 5.41) is 4.13. The maximum atomic E-state index is 6.14. The molecule has 1 saturated heterocycles. The highest BCUT2D eigenvalue weighted by atomic mass is 35.5. The number of ether oxygens (including phenoxy) is 1. The van der Waals surface area contributed by atoms with Crippen LogP contribution in [0.5, 0.6) is 0 Å². The molecule has 1 aromatic rings. The molecule has 0 amide bonds. The monoisotopic (exact) mass is 254 g/mol. The van der Waals surface area contributed by atoms with E-state index in [-0.39, 0.29) is 0 Å². The summed E-state index contributed by atoms with van der Waals surface area (Å²) in [4.78, 5) is 4.01. The van der Waals surface area contributed by atoms with Crippen LogP contribution in [0.25, 0.3) is 0 Å². The Bertz CT molecular complexity index is 372. The second-order valence-electron chi connectivity index (χ2n) is 4.71. The van der Waals surface area contributed by atoms with Crippen molar-refractivity contribution in [2.45, 2.75) is 31.9 Å². The first-order valence-corrected chi connectivity index (χ1v) is 6.45. The molecule has 94 valence electrons. The first-order chi connectivity index (χ1) is 8.20. The van der Waals surface area contributed by atoms with Crippen LogP contribution in [0.3, 0.4) is 0 Å². The molecule has 1 fully saturated rings. The summed E-state index contributed by atoms with van der Waals surface area (Å²) in [7, 11) is 2.00. The van der Waals surface area contributed by atoms with Crippen molar-refractivity contribution in [3.05, 3.63) is 29.0 Å². The Kier molecular flexibility index (Phi) is 4.37. The quantitative estimate of drug-likeness (QED) is 0.895. The van der Waals surface area contributed by atoms with Crippen molar-refractivity contribution in [2.75, 3.05) is 13.7 Å². The summed E-state index contributed by atoms with van der Waals surface area (Å²) < 4.78 is 5.63. The van der Waals surface area contributed by atoms with Gasteiger partial charge in [-0.15, -0.1) is 0 Å². The van der Waals surface area contributed by atoms with Gasteiger partial charge in [0.2, 0.25) is 0 Å². The van der Waals surface area contributed by atoms with Gasteiger partial charge in [-0.3, -0.25) is 4.98 Å². The Balaban J connectivity index is 2.03. The van der Waals surface area contributed by atoms with Crippen LogP contribution in [0, 0.1) is 5.92 Å². The third-order valence-corrected chi connectivity index (χ3v) is 3.81. The van der Waals surface area contributed by atoms with Gasteiger partial charge in [-0.2, -0.15) is 0 Å². The van der Waals surface area contributed by atoms with E-state index >= 15 is 0 Å². The second-order valence-corrected chi connectivity index (χ2v) is 5.11. The van der Waals surface area contributed by atoms with Gasteiger partial charge in [0.15, 0.2) is 0 Å². The highest BCUT2D eigenvalue weighted by Gasteiger charge is 2.29. The first-order valence-electron chi connectivity index (χ1n) is 6.08. The Morgan fingerprint density at radius 1 is 1.65 bits per heavy atom. The molecule has 0 bridgehead atoms. The number of hydrogen-bond acceptors (Lipinski definition) is 3. The average Bonchev–Trinajstić information content (AvgIpc) is 2.75. The Morgan fingerprint density at radius 3 is 3.06 bits per heavy atom. The van der Waals surface area contributed by atoms with Gasteiger partial charge in [0, 0.05) is 24.4 Å². The smallest absolute Gasteiger partial charge is 0.0621 e. The molecule has 3 atom stereocenters. The fraction of sp³-hybridized carbons (Fsp3) is 0.615. The van der Waals surface area contributed by atoms with Crippen LogP contribution < -0.4 is 5.32 Å². The van der Waals surface area contributed by atoms with Crippen molar-refractivity contribution in [1.29, 1.82) is 0 Å². The molecular formula is C13H19ClN2O. The van der Waals surface area contributed by atoms with Crippen molar-refractivity contribution in [3.8, 4) is 0 Å². The lowest BCUT2D eigenvalue weighted by Gasteiger charge is -2.22. The van der Waals surface area contributed by atoms with Gasteiger partial charge in [-0.1, -0.05) is 11.6 Å². The summed E-state index contributed by atoms with van der Waals surface area (Å²) in [5.74, 6) is 0.569. The highest BCUT2D eigenvalue weighted by Crippen LogP contribution is 2.25. The summed E-state index contributed by atoms with van der Waals surface area (Å²) in [6.45, 7) is 2.97. The van der Waals surface area contributed by atoms with E-state index in [1.54, 1.807) is 12.4 Å². The zero-order chi connectivity index (χ0) is 12.3. The number of halogens is 1. The molecule has 1 N–H and O–H groups in total. The lowest BCUT2D eigenvalue weighted by atomic mass is 9.92. The highest BCUT2D eigenvalue weighted by molar-refractivity contribution is 6.31. The zero-order valence-electron chi connectivity index (χ0n) is 10.3. The van der Waals surface area contributed by atoms with E-state index < -0.39 is 0 Å². The fourth-order valence-electron chi connectivity index (χ4n) is 2.44. The number of nitrogens with zero attached hydrogens (tertiary/aromatic N) is 1. The number of hydrogen-bond donors (Lipinski definition) is 1. The minimum Gasteiger partial charge on any atom is -0.378 e. The molecular weight excluding hydrogens is 236 g/mol. The van der Waals surface area contributed by atoms with E-state index in [1.165, 1.54) is 0 Å². The fourth-order valence-corrected chi connectivity index (χ4v) is 2.64. The first kappa shape index (κ1) is 12.8. The largest absolute Gasteiger partial charge is 0.378 e. The molecule has 0 aromatic carbocycles. The molecule has 0 radical (unpaired) electrons. The van der Waals surface area contributed by atoms with Crippen molar-refractivity contribution >= 4 is 11.6 Å². The number of likely N-dealkylation sites (N-methyl/N-ethyl adjacent to an activating group) is 1. The van der Waals surface area contributed by atoms with E-state index in [0.29, 0.717) is 18.1 Å². The zero-order valence-corrected chi connectivity index (χ0v) is 11.1. The van der Waals surface area contributed by atoms with Crippen molar-refractivity contribution < 1.29 is 4.74 Å². The van der Waals surface area contributed by atoms with Crippen LogP contribution in [0.1, 0.15) is 18.9 Å². The number of aromatic nitrogens is 1. The second kappa shape index (κ2) is 5.80. The van der Waals surface area contributed by atoms with Gasteiger partial charge in [0.1, 0.15) is 0 Å². The van der Waals surface area contributed by atoms with Crippen molar-refractivity contribution in [1.82, 2.24) is 10.3 Å². The minimum absolute atomic E-state index is 0.378. The van der Waals surface area contributed by atoms with E-state index in [4.69, 9.17) is 16.3 Å². The molecule has 1 aliphatic heterocycles. The molecule has 17 heavy (non-hydrogen) atoms. The van der Waals surface area contributed by atoms with E-state index in [9.17, 15) is 0 Å². The Morgan fingerprint density at radius 2 is 2.47 bits per heavy atom. The maximum absolute atomic E-state index is 6.14. The number of nitrogens with one attached hydrogen (secondary N) is 1. The van der Waals surface area contributed by atoms with Gasteiger partial charge in [0.25, 0.3) is 0 Å². The molecule has 0 saturated carbocycles. The normalized spacial score (nSPS) is 26.1. The number of pyridine rings is 1. The molecule has 2 rings (SSSR count). The van der Waals surface area contributed by atoms with E-state index in [1.807, 2.05) is 13.1 Å². The van der Waals surface area contributed by atoms with Gasteiger partial charge < -0.3 is 10.1 Å². The Labute approximate surface area is 108 Å². The van der Waals surface area contributed by atoms with Crippen LogP contribution in [0.15, 0.2) is 18.5 Å². The van der Waals surface area contributed by atoms with Gasteiger partial charge in [-0.05, 0) is 38.4 Å². The third-order valence-electron chi connectivity index (χ3n) is 3.47.